The second-order valence-corrected chi connectivity index (χ2v) is 7.82. The largest absolute Gasteiger partial charge is 0.380 e. The molecule has 0 atom stereocenters. The number of thiophene rings is 1. The van der Waals surface area contributed by atoms with E-state index in [0.29, 0.717) is 22.5 Å². The van der Waals surface area contributed by atoms with E-state index >= 15 is 0 Å². The summed E-state index contributed by atoms with van der Waals surface area (Å²) in [6.45, 7) is 4.29. The molecule has 4 rings (SSSR count). The van der Waals surface area contributed by atoms with E-state index in [1.165, 1.54) is 16.0 Å². The molecule has 0 saturated heterocycles. The van der Waals surface area contributed by atoms with Crippen LogP contribution >= 0.6 is 27.3 Å². The van der Waals surface area contributed by atoms with Gasteiger partial charge >= 0.3 is 0 Å². The number of fused-ring (bicyclic) bond motifs is 3. The van der Waals surface area contributed by atoms with E-state index in [4.69, 9.17) is 4.74 Å². The van der Waals surface area contributed by atoms with Gasteiger partial charge in [0.1, 0.15) is 15.0 Å². The zero-order valence-corrected chi connectivity index (χ0v) is 16.8. The lowest BCUT2D eigenvalue weighted by Gasteiger charge is -2.08. The van der Waals surface area contributed by atoms with Gasteiger partial charge < -0.3 is 4.74 Å². The van der Waals surface area contributed by atoms with Gasteiger partial charge in [0, 0.05) is 22.5 Å². The molecule has 6 nitrogen and oxygen atoms in total. The summed E-state index contributed by atoms with van der Waals surface area (Å²) in [5.41, 5.74) is 3.91. The highest BCUT2D eigenvalue weighted by atomic mass is 79.9. The molecular weight excluding hydrogens is 416 g/mol. The molecule has 3 heterocycles. The molecule has 0 spiro atoms. The monoisotopic (exact) mass is 430 g/mol. The Morgan fingerprint density at radius 3 is 2.85 bits per heavy atom. The molecule has 0 radical (unpaired) electrons. The lowest BCUT2D eigenvalue weighted by atomic mass is 10.1. The van der Waals surface area contributed by atoms with Crippen molar-refractivity contribution in [2.45, 2.75) is 20.5 Å². The van der Waals surface area contributed by atoms with Crippen LogP contribution in [0.2, 0.25) is 0 Å². The van der Waals surface area contributed by atoms with Crippen molar-refractivity contribution < 1.29 is 4.74 Å². The Hall–Kier alpha value is -2.16. The third-order valence-electron chi connectivity index (χ3n) is 4.17. The Morgan fingerprint density at radius 2 is 2.12 bits per heavy atom. The van der Waals surface area contributed by atoms with Gasteiger partial charge in [0.2, 0.25) is 0 Å². The van der Waals surface area contributed by atoms with Crippen LogP contribution in [0.25, 0.3) is 26.1 Å². The summed E-state index contributed by atoms with van der Waals surface area (Å²) in [5, 5.41) is 9.35. The molecule has 4 aromatic rings. The van der Waals surface area contributed by atoms with Crippen LogP contribution in [0.4, 0.5) is 0 Å². The third kappa shape index (κ3) is 2.65. The summed E-state index contributed by atoms with van der Waals surface area (Å²) in [7, 11) is 1.64. The number of halogens is 1. The number of ether oxygens (including phenoxy) is 1. The van der Waals surface area contributed by atoms with Crippen LogP contribution in [0, 0.1) is 13.8 Å². The van der Waals surface area contributed by atoms with E-state index in [2.05, 4.69) is 31.2 Å². The van der Waals surface area contributed by atoms with Gasteiger partial charge in [-0.25, -0.2) is 4.98 Å². The predicted octanol–water partition coefficient (Wildman–Crippen LogP) is 3.92. The molecule has 0 aliphatic rings. The van der Waals surface area contributed by atoms with Crippen LogP contribution in [0.5, 0.6) is 0 Å². The third-order valence-corrected chi connectivity index (χ3v) is 6.29. The molecule has 0 bridgehead atoms. The Kier molecular flexibility index (Phi) is 4.34. The van der Waals surface area contributed by atoms with Gasteiger partial charge in [0.25, 0.3) is 5.56 Å². The molecule has 26 heavy (non-hydrogen) atoms. The highest BCUT2D eigenvalue weighted by molar-refractivity contribution is 9.10. The van der Waals surface area contributed by atoms with Gasteiger partial charge in [0.05, 0.1) is 18.0 Å². The molecule has 0 aliphatic carbocycles. The molecule has 0 N–H and O–H groups in total. The quantitative estimate of drug-likeness (QED) is 0.492. The molecule has 0 saturated carbocycles. The van der Waals surface area contributed by atoms with Gasteiger partial charge in [-0.1, -0.05) is 17.3 Å². The fourth-order valence-corrected chi connectivity index (χ4v) is 4.48. The maximum atomic E-state index is 13.0. The molecule has 132 valence electrons. The first-order valence-corrected chi connectivity index (χ1v) is 9.55. The van der Waals surface area contributed by atoms with E-state index in [1.807, 2.05) is 38.1 Å². The van der Waals surface area contributed by atoms with Gasteiger partial charge in [0.15, 0.2) is 0 Å². The Balaban J connectivity index is 2.07. The highest BCUT2D eigenvalue weighted by Gasteiger charge is 2.20. The fraction of sp³-hybridized carbons (Fsp3) is 0.222. The van der Waals surface area contributed by atoms with Crippen LogP contribution in [0.1, 0.15) is 16.8 Å². The summed E-state index contributed by atoms with van der Waals surface area (Å²) in [6, 6.07) is 7.62. The second-order valence-electron chi connectivity index (χ2n) is 6.03. The van der Waals surface area contributed by atoms with Gasteiger partial charge in [-0.3, -0.25) is 4.79 Å². The summed E-state index contributed by atoms with van der Waals surface area (Å²) in [6.07, 6.45) is 0. The minimum Gasteiger partial charge on any atom is -0.380 e. The van der Waals surface area contributed by atoms with Crippen molar-refractivity contribution in [3.63, 3.8) is 0 Å². The number of aryl methyl sites for hydroxylation is 2. The first kappa shape index (κ1) is 17.3. The standard InChI is InChI=1S/C18H15BrN4O2S/c1-9-5-4-6-11(7-9)23-18(24)16-15(21-22-23)13-12(8-25-3)14(19)10(2)20-17(13)26-16/h4-7H,8H2,1-3H3. The first-order chi connectivity index (χ1) is 12.5. The van der Waals surface area contributed by atoms with E-state index in [1.54, 1.807) is 7.11 Å². The maximum absolute atomic E-state index is 13.0. The van der Waals surface area contributed by atoms with E-state index in [-0.39, 0.29) is 5.56 Å². The molecular formula is C18H15BrN4O2S. The maximum Gasteiger partial charge on any atom is 0.292 e. The molecule has 8 heteroatoms. The van der Waals surface area contributed by atoms with E-state index in [0.717, 1.165) is 31.5 Å². The minimum absolute atomic E-state index is 0.194. The van der Waals surface area contributed by atoms with Gasteiger partial charge in [-0.2, -0.15) is 4.68 Å². The Bertz CT molecular complexity index is 1220. The van der Waals surface area contributed by atoms with Crippen LogP contribution in [-0.2, 0) is 11.3 Å². The smallest absolute Gasteiger partial charge is 0.292 e. The predicted molar refractivity (Wildman–Crippen MR) is 106 cm³/mol. The van der Waals surface area contributed by atoms with Crippen LogP contribution in [-0.4, -0.2) is 27.1 Å². The number of nitrogens with zero attached hydrogens (tertiary/aromatic N) is 4. The van der Waals surface area contributed by atoms with Crippen molar-refractivity contribution in [3.8, 4) is 5.69 Å². The van der Waals surface area contributed by atoms with E-state index in [9.17, 15) is 4.79 Å². The van der Waals surface area contributed by atoms with Crippen LogP contribution in [0.15, 0.2) is 33.5 Å². The molecule has 0 amide bonds. The molecule has 3 aromatic heterocycles. The van der Waals surface area contributed by atoms with Crippen molar-refractivity contribution in [1.82, 2.24) is 20.0 Å². The number of pyridine rings is 1. The van der Waals surface area contributed by atoms with Gasteiger partial charge in [-0.15, -0.1) is 16.4 Å². The van der Waals surface area contributed by atoms with E-state index < -0.39 is 0 Å². The SMILES string of the molecule is COCc1c(Br)c(C)nc2sc3c(=O)n(-c4cccc(C)c4)nnc3c12. The molecule has 0 unspecified atom stereocenters. The number of methoxy groups -OCH3 is 1. The minimum atomic E-state index is -0.194. The average Bonchev–Trinajstić information content (AvgIpc) is 2.98. The fourth-order valence-electron chi connectivity index (χ4n) is 2.97. The number of hydrogen-bond acceptors (Lipinski definition) is 6. The lowest BCUT2D eigenvalue weighted by Crippen LogP contribution is -2.21. The van der Waals surface area contributed by atoms with Crippen molar-refractivity contribution in [2.75, 3.05) is 7.11 Å². The summed E-state index contributed by atoms with van der Waals surface area (Å²) >= 11 is 4.92. The summed E-state index contributed by atoms with van der Waals surface area (Å²) in [4.78, 5) is 18.4. The van der Waals surface area contributed by atoms with Crippen LogP contribution in [0.3, 0.4) is 0 Å². The summed E-state index contributed by atoms with van der Waals surface area (Å²) < 4.78 is 8.09. The highest BCUT2D eigenvalue weighted by Crippen LogP contribution is 2.36. The number of hydrogen-bond donors (Lipinski definition) is 0. The second kappa shape index (κ2) is 6.53. The van der Waals surface area contributed by atoms with Crippen molar-refractivity contribution >= 4 is 47.7 Å². The first-order valence-electron chi connectivity index (χ1n) is 7.94. The Morgan fingerprint density at radius 1 is 1.31 bits per heavy atom. The molecule has 1 aromatic carbocycles. The van der Waals surface area contributed by atoms with Crippen LogP contribution < -0.4 is 5.56 Å². The van der Waals surface area contributed by atoms with Crippen molar-refractivity contribution in [3.05, 3.63) is 55.9 Å². The zero-order valence-electron chi connectivity index (χ0n) is 14.4. The van der Waals surface area contributed by atoms with Gasteiger partial charge in [-0.05, 0) is 47.5 Å². The average molecular weight is 431 g/mol. The van der Waals surface area contributed by atoms with Crippen molar-refractivity contribution in [2.24, 2.45) is 0 Å². The summed E-state index contributed by atoms with van der Waals surface area (Å²) in [5.74, 6) is 0. The number of aromatic nitrogens is 4. The topological polar surface area (TPSA) is 69.9 Å². The number of benzene rings is 1. The lowest BCUT2D eigenvalue weighted by molar-refractivity contribution is 0.185. The normalized spacial score (nSPS) is 11.5. The molecule has 0 aliphatic heterocycles. The van der Waals surface area contributed by atoms with Crippen molar-refractivity contribution in [1.29, 1.82) is 0 Å². The Labute approximate surface area is 161 Å². The number of rotatable bonds is 3. The molecule has 0 fully saturated rings. The zero-order chi connectivity index (χ0) is 18.4.